The number of hydrogen-bond donors (Lipinski definition) is 2. The summed E-state index contributed by atoms with van der Waals surface area (Å²) in [5, 5.41) is 19.0. The lowest BCUT2D eigenvalue weighted by Gasteiger charge is -2.31. The third kappa shape index (κ3) is 4.37. The number of phenols is 1. The van der Waals surface area contributed by atoms with Crippen molar-refractivity contribution in [3.8, 4) is 5.75 Å². The van der Waals surface area contributed by atoms with Gasteiger partial charge in [-0.25, -0.2) is 4.79 Å². The summed E-state index contributed by atoms with van der Waals surface area (Å²) in [7, 11) is 0. The number of nitrogens with zero attached hydrogens (tertiary/aromatic N) is 1. The first-order valence-electron chi connectivity index (χ1n) is 6.58. The summed E-state index contributed by atoms with van der Waals surface area (Å²) in [6.07, 6.45) is 1.61. The zero-order chi connectivity index (χ0) is 14.5. The first-order valence-corrected chi connectivity index (χ1v) is 6.95. The van der Waals surface area contributed by atoms with Gasteiger partial charge >= 0.3 is 5.97 Å². The predicted octanol–water partition coefficient (Wildman–Crippen LogP) is 2.11. The number of carboxylic acids is 1. The molecule has 0 aliphatic carbocycles. The predicted molar refractivity (Wildman–Crippen MR) is 75.0 cm³/mol. The summed E-state index contributed by atoms with van der Waals surface area (Å²) in [4.78, 5) is 12.6. The minimum Gasteiger partial charge on any atom is -0.508 e. The molecular weight excluding hydrogens is 282 g/mol. The number of phenolic OH excluding ortho intramolecular Hbond substituents is 1. The van der Waals surface area contributed by atoms with Crippen LogP contribution in [-0.4, -0.2) is 46.9 Å². The van der Waals surface area contributed by atoms with Gasteiger partial charge in [-0.1, -0.05) is 11.6 Å². The molecule has 0 aromatic heterocycles. The van der Waals surface area contributed by atoms with Crippen LogP contribution in [0.5, 0.6) is 5.75 Å². The lowest BCUT2D eigenvalue weighted by molar-refractivity contribution is -0.145. The molecule has 2 rings (SSSR count). The van der Waals surface area contributed by atoms with E-state index >= 15 is 0 Å². The van der Waals surface area contributed by atoms with Gasteiger partial charge in [-0.3, -0.25) is 4.90 Å². The van der Waals surface area contributed by atoms with Gasteiger partial charge in [0.15, 0.2) is 0 Å². The molecule has 1 aromatic rings. The molecule has 5 nitrogen and oxygen atoms in total. The summed E-state index contributed by atoms with van der Waals surface area (Å²) in [5.74, 6) is -0.685. The lowest BCUT2D eigenvalue weighted by Crippen LogP contribution is -2.37. The van der Waals surface area contributed by atoms with Crippen molar-refractivity contribution in [1.29, 1.82) is 0 Å². The van der Waals surface area contributed by atoms with E-state index in [-0.39, 0.29) is 18.5 Å². The molecule has 1 saturated heterocycles. The molecule has 1 heterocycles. The number of benzene rings is 1. The fourth-order valence-corrected chi connectivity index (χ4v) is 2.54. The summed E-state index contributed by atoms with van der Waals surface area (Å²) < 4.78 is 5.29. The van der Waals surface area contributed by atoms with Crippen molar-refractivity contribution >= 4 is 17.6 Å². The van der Waals surface area contributed by atoms with Gasteiger partial charge in [-0.15, -0.1) is 0 Å². The van der Waals surface area contributed by atoms with E-state index in [0.717, 1.165) is 31.5 Å². The molecule has 0 unspecified atom stereocenters. The average Bonchev–Trinajstić information content (AvgIpc) is 2.42. The number of carboxylic acid groups (broad SMARTS) is 1. The fourth-order valence-electron chi connectivity index (χ4n) is 2.34. The van der Waals surface area contributed by atoms with Gasteiger partial charge in [0, 0.05) is 30.2 Å². The maximum Gasteiger partial charge on any atom is 0.329 e. The van der Waals surface area contributed by atoms with Crippen molar-refractivity contribution in [1.82, 2.24) is 4.90 Å². The molecular formula is C14H18ClNO4. The Balaban J connectivity index is 1.82. The highest BCUT2D eigenvalue weighted by Crippen LogP contribution is 2.24. The standard InChI is InChI=1S/C14H18ClNO4/c15-11-1-2-13(17)10(7-11)8-16-5-3-12(4-6-16)20-9-14(18)19/h1-2,7,12,17H,3-6,8-9H2,(H,18,19). The molecule has 0 bridgehead atoms. The topological polar surface area (TPSA) is 70.0 Å². The van der Waals surface area contributed by atoms with E-state index in [1.807, 2.05) is 0 Å². The monoisotopic (exact) mass is 299 g/mol. The number of ether oxygens (including phenoxy) is 1. The third-order valence-electron chi connectivity index (χ3n) is 3.41. The molecule has 1 aliphatic heterocycles. The number of likely N-dealkylation sites (tertiary alicyclic amines) is 1. The van der Waals surface area contributed by atoms with Crippen molar-refractivity contribution < 1.29 is 19.7 Å². The van der Waals surface area contributed by atoms with Crippen LogP contribution in [0.3, 0.4) is 0 Å². The summed E-state index contributed by atoms with van der Waals surface area (Å²) in [5.41, 5.74) is 0.808. The highest BCUT2D eigenvalue weighted by Gasteiger charge is 2.21. The summed E-state index contributed by atoms with van der Waals surface area (Å²) >= 11 is 5.92. The largest absolute Gasteiger partial charge is 0.508 e. The third-order valence-corrected chi connectivity index (χ3v) is 3.65. The molecule has 20 heavy (non-hydrogen) atoms. The van der Waals surface area contributed by atoms with Crippen molar-refractivity contribution in [2.24, 2.45) is 0 Å². The molecule has 0 amide bonds. The Morgan fingerprint density at radius 1 is 1.40 bits per heavy atom. The van der Waals surface area contributed by atoms with E-state index in [0.29, 0.717) is 11.6 Å². The number of piperidine rings is 1. The highest BCUT2D eigenvalue weighted by atomic mass is 35.5. The van der Waals surface area contributed by atoms with Crippen LogP contribution < -0.4 is 0 Å². The van der Waals surface area contributed by atoms with Gasteiger partial charge < -0.3 is 14.9 Å². The van der Waals surface area contributed by atoms with Crippen LogP contribution >= 0.6 is 11.6 Å². The Kier molecular flexibility index (Phi) is 5.23. The SMILES string of the molecule is O=C(O)COC1CCN(Cc2cc(Cl)ccc2O)CC1. The van der Waals surface area contributed by atoms with Crippen LogP contribution in [0.15, 0.2) is 18.2 Å². The quantitative estimate of drug-likeness (QED) is 0.871. The highest BCUT2D eigenvalue weighted by molar-refractivity contribution is 6.30. The fraction of sp³-hybridized carbons (Fsp3) is 0.500. The molecule has 6 heteroatoms. The van der Waals surface area contributed by atoms with Crippen LogP contribution in [0.2, 0.25) is 5.02 Å². The Morgan fingerprint density at radius 2 is 2.10 bits per heavy atom. The molecule has 0 atom stereocenters. The zero-order valence-electron chi connectivity index (χ0n) is 11.1. The van der Waals surface area contributed by atoms with Gasteiger partial charge in [0.25, 0.3) is 0 Å². The Labute approximate surface area is 122 Å². The van der Waals surface area contributed by atoms with E-state index < -0.39 is 5.97 Å². The van der Waals surface area contributed by atoms with Gasteiger partial charge in [-0.05, 0) is 31.0 Å². The van der Waals surface area contributed by atoms with Gasteiger partial charge in [0.1, 0.15) is 12.4 Å². The van der Waals surface area contributed by atoms with E-state index in [1.54, 1.807) is 18.2 Å². The smallest absolute Gasteiger partial charge is 0.329 e. The second-order valence-corrected chi connectivity index (χ2v) is 5.39. The minimum absolute atomic E-state index is 0.00954. The van der Waals surface area contributed by atoms with Crippen molar-refractivity contribution in [2.45, 2.75) is 25.5 Å². The van der Waals surface area contributed by atoms with Gasteiger partial charge in [0.05, 0.1) is 6.10 Å². The Bertz CT molecular complexity index is 472. The Hall–Kier alpha value is -1.30. The van der Waals surface area contributed by atoms with Crippen LogP contribution in [0.25, 0.3) is 0 Å². The maximum atomic E-state index is 10.4. The first-order chi connectivity index (χ1) is 9.54. The summed E-state index contributed by atoms with van der Waals surface area (Å²) in [6.45, 7) is 2.03. The molecule has 110 valence electrons. The van der Waals surface area contributed by atoms with Gasteiger partial charge in [-0.2, -0.15) is 0 Å². The van der Waals surface area contributed by atoms with Crippen LogP contribution in [0.1, 0.15) is 18.4 Å². The molecule has 1 fully saturated rings. The molecule has 1 aliphatic rings. The number of aromatic hydroxyl groups is 1. The number of rotatable bonds is 5. The molecule has 0 radical (unpaired) electrons. The van der Waals surface area contributed by atoms with Crippen molar-refractivity contribution in [3.63, 3.8) is 0 Å². The van der Waals surface area contributed by atoms with E-state index in [9.17, 15) is 9.90 Å². The minimum atomic E-state index is -0.934. The van der Waals surface area contributed by atoms with E-state index in [4.69, 9.17) is 21.4 Å². The van der Waals surface area contributed by atoms with Gasteiger partial charge in [0.2, 0.25) is 0 Å². The molecule has 0 saturated carbocycles. The second-order valence-electron chi connectivity index (χ2n) is 4.95. The molecule has 2 N–H and O–H groups in total. The first kappa shape index (κ1) is 15.1. The molecule has 0 spiro atoms. The number of aliphatic carboxylic acids is 1. The van der Waals surface area contributed by atoms with E-state index in [2.05, 4.69) is 4.90 Å². The summed E-state index contributed by atoms with van der Waals surface area (Å²) in [6, 6.07) is 5.02. The van der Waals surface area contributed by atoms with Crippen molar-refractivity contribution in [3.05, 3.63) is 28.8 Å². The number of hydrogen-bond acceptors (Lipinski definition) is 4. The Morgan fingerprint density at radius 3 is 2.75 bits per heavy atom. The normalized spacial score (nSPS) is 17.2. The van der Waals surface area contributed by atoms with E-state index in [1.165, 1.54) is 0 Å². The zero-order valence-corrected chi connectivity index (χ0v) is 11.8. The molecule has 1 aromatic carbocycles. The van der Waals surface area contributed by atoms with Crippen LogP contribution in [-0.2, 0) is 16.1 Å². The second kappa shape index (κ2) is 6.92. The number of halogens is 1. The average molecular weight is 300 g/mol. The number of carbonyl (C=O) groups is 1. The lowest BCUT2D eigenvalue weighted by atomic mass is 10.1. The van der Waals surface area contributed by atoms with Crippen LogP contribution in [0, 0.1) is 0 Å². The van der Waals surface area contributed by atoms with Crippen molar-refractivity contribution in [2.75, 3.05) is 19.7 Å². The maximum absolute atomic E-state index is 10.4. The van der Waals surface area contributed by atoms with Crippen LogP contribution in [0.4, 0.5) is 0 Å².